The van der Waals surface area contributed by atoms with E-state index in [0.29, 0.717) is 0 Å². The second kappa shape index (κ2) is 15.1. The van der Waals surface area contributed by atoms with E-state index in [-0.39, 0.29) is 11.5 Å². The average molecular weight is 357 g/mol. The van der Waals surface area contributed by atoms with Gasteiger partial charge in [0.05, 0.1) is 20.5 Å². The molecule has 2 nitrogen and oxygen atoms in total. The first kappa shape index (κ1) is 19.8. The van der Waals surface area contributed by atoms with E-state index in [4.69, 9.17) is 9.47 Å². The van der Waals surface area contributed by atoms with Crippen LogP contribution in [0.15, 0.2) is 0 Å². The Morgan fingerprint density at radius 3 is 1.56 bits per heavy atom. The Labute approximate surface area is 133 Å². The van der Waals surface area contributed by atoms with Crippen LogP contribution < -0.4 is 0 Å². The third-order valence-corrected chi connectivity index (χ3v) is 9.23. The van der Waals surface area contributed by atoms with Gasteiger partial charge in [-0.15, -0.1) is 0 Å². The van der Waals surface area contributed by atoms with E-state index < -0.39 is 0 Å². The highest BCUT2D eigenvalue weighted by atomic mass is 33.7. The van der Waals surface area contributed by atoms with Crippen LogP contribution in [-0.2, 0) is 9.47 Å². The van der Waals surface area contributed by atoms with E-state index in [1.54, 1.807) is 0 Å². The first-order valence-electron chi connectivity index (χ1n) is 5.93. The Kier molecular flexibility index (Phi) is 16.6. The molecule has 0 saturated carbocycles. The predicted molar refractivity (Wildman–Crippen MR) is 91.7 cm³/mol. The van der Waals surface area contributed by atoms with Crippen LogP contribution in [0.1, 0.15) is 26.7 Å². The van der Waals surface area contributed by atoms with Gasteiger partial charge in [-0.1, -0.05) is 21.6 Å². The molecule has 104 valence electrons. The Hall–Kier alpha value is 1.75. The van der Waals surface area contributed by atoms with E-state index >= 15 is 0 Å². The van der Waals surface area contributed by atoms with E-state index in [0.717, 1.165) is 37.6 Å². The van der Waals surface area contributed by atoms with Crippen LogP contribution in [0.25, 0.3) is 0 Å². The monoisotopic (exact) mass is 356 g/mol. The Morgan fingerprint density at radius 2 is 1.22 bits per heavy atom. The molecule has 8 heteroatoms. The van der Waals surface area contributed by atoms with Crippen molar-refractivity contribution in [1.29, 1.82) is 0 Å². The van der Waals surface area contributed by atoms with Crippen LogP contribution in [0, 0.1) is 0 Å². The summed E-state index contributed by atoms with van der Waals surface area (Å²) < 4.78 is 10.8. The maximum Gasteiger partial charge on any atom is 0.0657 e. The molecule has 2 unspecified atom stereocenters. The molecule has 0 aliphatic rings. The van der Waals surface area contributed by atoms with Gasteiger partial charge < -0.3 is 9.47 Å². The van der Waals surface area contributed by atoms with Crippen molar-refractivity contribution in [1.82, 2.24) is 0 Å². The molecule has 2 atom stereocenters. The molecular formula is C10H20O2S4Si2. The van der Waals surface area contributed by atoms with Gasteiger partial charge >= 0.3 is 0 Å². The summed E-state index contributed by atoms with van der Waals surface area (Å²) in [6.07, 6.45) is 2.09. The second-order valence-corrected chi connectivity index (χ2v) is 10.8. The molecule has 0 amide bonds. The molecule has 0 fully saturated rings. The van der Waals surface area contributed by atoms with Gasteiger partial charge in [0, 0.05) is 36.2 Å². The molecule has 0 spiro atoms. The van der Waals surface area contributed by atoms with Crippen LogP contribution in [0.3, 0.4) is 0 Å². The molecule has 0 heterocycles. The zero-order valence-corrected chi connectivity index (χ0v) is 16.1. The first-order chi connectivity index (χ1) is 8.70. The standard InChI is InChI=1S/C10H20O2S4Si2/c1-3-11-9(17)5-7-13-15-16-14-8-6-10(18)12-4-2/h9-10H,3-8H2,1-2H3. The third kappa shape index (κ3) is 14.2. The van der Waals surface area contributed by atoms with Gasteiger partial charge in [0.15, 0.2) is 0 Å². The Bertz CT molecular complexity index is 162. The maximum absolute atomic E-state index is 5.40. The third-order valence-electron chi connectivity index (χ3n) is 1.79. The summed E-state index contributed by atoms with van der Waals surface area (Å²) in [4.78, 5) is 0. The highest BCUT2D eigenvalue weighted by Crippen LogP contribution is 2.43. The number of hydrogen-bond acceptors (Lipinski definition) is 6. The molecule has 0 aliphatic heterocycles. The fourth-order valence-electron chi connectivity index (χ4n) is 0.987. The van der Waals surface area contributed by atoms with Crippen molar-refractivity contribution < 1.29 is 9.47 Å². The molecule has 0 rings (SSSR count). The van der Waals surface area contributed by atoms with Crippen LogP contribution in [0.2, 0.25) is 0 Å². The molecule has 0 aromatic rings. The fourth-order valence-corrected chi connectivity index (χ4v) is 8.14. The van der Waals surface area contributed by atoms with Gasteiger partial charge in [0.2, 0.25) is 0 Å². The average Bonchev–Trinajstić information content (AvgIpc) is 2.33. The Balaban J connectivity index is 3.11. The van der Waals surface area contributed by atoms with Crippen LogP contribution in [-0.4, -0.2) is 56.7 Å². The van der Waals surface area contributed by atoms with Crippen molar-refractivity contribution in [2.75, 3.05) is 24.7 Å². The van der Waals surface area contributed by atoms with Gasteiger partial charge in [-0.2, -0.15) is 0 Å². The minimum absolute atomic E-state index is 0.195. The molecule has 18 heavy (non-hydrogen) atoms. The summed E-state index contributed by atoms with van der Waals surface area (Å²) in [5.41, 5.74) is 0.390. The van der Waals surface area contributed by atoms with Crippen LogP contribution >= 0.6 is 41.2 Å². The highest BCUT2D eigenvalue weighted by Gasteiger charge is 2.03. The molecular weight excluding hydrogens is 337 g/mol. The summed E-state index contributed by atoms with van der Waals surface area (Å²) in [6.45, 7) is 5.56. The maximum atomic E-state index is 5.40. The van der Waals surface area contributed by atoms with Gasteiger partial charge in [0.1, 0.15) is 0 Å². The topological polar surface area (TPSA) is 18.5 Å². The lowest BCUT2D eigenvalue weighted by Gasteiger charge is -2.10. The van der Waals surface area contributed by atoms with Gasteiger partial charge in [-0.3, -0.25) is 0 Å². The van der Waals surface area contributed by atoms with Crippen molar-refractivity contribution in [2.45, 2.75) is 38.1 Å². The van der Waals surface area contributed by atoms with Gasteiger partial charge in [-0.05, 0) is 46.3 Å². The minimum atomic E-state index is 0.195. The summed E-state index contributed by atoms with van der Waals surface area (Å²) in [6, 6.07) is 0. The lowest BCUT2D eigenvalue weighted by atomic mass is 10.5. The molecule has 0 aromatic carbocycles. The molecule has 0 bridgehead atoms. The number of hydrogen-bond donors (Lipinski definition) is 0. The van der Waals surface area contributed by atoms with Gasteiger partial charge in [-0.25, -0.2) is 0 Å². The Morgan fingerprint density at radius 1 is 0.833 bits per heavy atom. The van der Waals surface area contributed by atoms with Crippen LogP contribution in [0.4, 0.5) is 0 Å². The smallest absolute Gasteiger partial charge is 0.0657 e. The molecule has 0 saturated heterocycles. The highest BCUT2D eigenvalue weighted by molar-refractivity contribution is 9.26. The second-order valence-electron chi connectivity index (χ2n) is 3.25. The molecule has 0 aromatic heterocycles. The quantitative estimate of drug-likeness (QED) is 0.283. The molecule has 0 N–H and O–H groups in total. The zero-order chi connectivity index (χ0) is 13.6. The normalized spacial score (nSPS) is 14.7. The molecule has 0 aliphatic carbocycles. The van der Waals surface area contributed by atoms with Gasteiger partial charge in [0.25, 0.3) is 0 Å². The molecule has 6 radical (unpaired) electrons. The van der Waals surface area contributed by atoms with Crippen molar-refractivity contribution in [2.24, 2.45) is 0 Å². The summed E-state index contributed by atoms with van der Waals surface area (Å²) in [5, 5.41) is 0. The first-order valence-corrected chi connectivity index (χ1v) is 12.2. The van der Waals surface area contributed by atoms with E-state index in [2.05, 4.69) is 20.5 Å². The van der Waals surface area contributed by atoms with Crippen LogP contribution in [0.5, 0.6) is 0 Å². The SMILES string of the molecule is CCOC([Si])CCSSSSCCC([Si])OCC. The number of ether oxygens (including phenoxy) is 2. The summed E-state index contributed by atoms with van der Waals surface area (Å²) in [5.74, 6) is 2.21. The summed E-state index contributed by atoms with van der Waals surface area (Å²) in [7, 11) is 14.5. The van der Waals surface area contributed by atoms with Crippen molar-refractivity contribution in [3.05, 3.63) is 0 Å². The minimum Gasteiger partial charge on any atom is -0.383 e. The van der Waals surface area contributed by atoms with Crippen molar-refractivity contribution in [3.63, 3.8) is 0 Å². The van der Waals surface area contributed by atoms with Crippen molar-refractivity contribution >= 4 is 61.7 Å². The lowest BCUT2D eigenvalue weighted by Crippen LogP contribution is -2.13. The predicted octanol–water partition coefficient (Wildman–Crippen LogP) is 3.51. The largest absolute Gasteiger partial charge is 0.383 e. The van der Waals surface area contributed by atoms with E-state index in [1.165, 1.54) is 0 Å². The van der Waals surface area contributed by atoms with Crippen molar-refractivity contribution in [3.8, 4) is 0 Å². The summed E-state index contributed by atoms with van der Waals surface area (Å²) >= 11 is 0. The van der Waals surface area contributed by atoms with E-state index in [1.807, 2.05) is 55.1 Å². The van der Waals surface area contributed by atoms with E-state index in [9.17, 15) is 0 Å². The number of rotatable bonds is 13. The fraction of sp³-hybridized carbons (Fsp3) is 1.00. The zero-order valence-electron chi connectivity index (χ0n) is 10.8. The lowest BCUT2D eigenvalue weighted by molar-refractivity contribution is 0.117.